The zero-order valence-corrected chi connectivity index (χ0v) is 13.6. The van der Waals surface area contributed by atoms with E-state index in [0.29, 0.717) is 32.6 Å². The van der Waals surface area contributed by atoms with Crippen LogP contribution in [0.4, 0.5) is 19.1 Å². The highest BCUT2D eigenvalue weighted by atomic mass is 19.4. The SMILES string of the molecule is CCCC[C@@H](N)C(=O)N1CCN(c2nccc(C(F)(F)F)n2)CC1. The average molecular weight is 345 g/mol. The predicted molar refractivity (Wildman–Crippen MR) is 83.3 cm³/mol. The van der Waals surface area contributed by atoms with E-state index in [1.807, 2.05) is 6.92 Å². The fourth-order valence-electron chi connectivity index (χ4n) is 2.57. The van der Waals surface area contributed by atoms with Gasteiger partial charge in [0.25, 0.3) is 0 Å². The Kier molecular flexibility index (Phi) is 5.98. The largest absolute Gasteiger partial charge is 0.433 e. The van der Waals surface area contributed by atoms with E-state index < -0.39 is 17.9 Å². The molecule has 9 heteroatoms. The van der Waals surface area contributed by atoms with Crippen LogP contribution in [0, 0.1) is 0 Å². The Morgan fingerprint density at radius 1 is 1.33 bits per heavy atom. The molecular weight excluding hydrogens is 323 g/mol. The molecule has 0 aromatic carbocycles. The number of rotatable bonds is 5. The Bertz CT molecular complexity index is 558. The fraction of sp³-hybridized carbons (Fsp3) is 0.667. The summed E-state index contributed by atoms with van der Waals surface area (Å²) in [6.45, 7) is 3.60. The van der Waals surface area contributed by atoms with Crippen LogP contribution >= 0.6 is 0 Å². The summed E-state index contributed by atoms with van der Waals surface area (Å²) in [4.78, 5) is 23.0. The minimum Gasteiger partial charge on any atom is -0.338 e. The molecule has 1 fully saturated rings. The van der Waals surface area contributed by atoms with Crippen LogP contribution in [0.15, 0.2) is 12.3 Å². The van der Waals surface area contributed by atoms with Gasteiger partial charge in [-0.05, 0) is 12.5 Å². The number of unbranched alkanes of at least 4 members (excludes halogenated alkanes) is 1. The van der Waals surface area contributed by atoms with Crippen molar-refractivity contribution in [3.8, 4) is 0 Å². The van der Waals surface area contributed by atoms with Crippen LogP contribution in [0.5, 0.6) is 0 Å². The van der Waals surface area contributed by atoms with Gasteiger partial charge in [0, 0.05) is 32.4 Å². The fourth-order valence-corrected chi connectivity index (χ4v) is 2.57. The van der Waals surface area contributed by atoms with Gasteiger partial charge < -0.3 is 15.5 Å². The molecule has 2 heterocycles. The van der Waals surface area contributed by atoms with Crippen LogP contribution in [-0.4, -0.2) is 53.0 Å². The van der Waals surface area contributed by atoms with Gasteiger partial charge in [-0.25, -0.2) is 9.97 Å². The van der Waals surface area contributed by atoms with E-state index in [-0.39, 0.29) is 11.9 Å². The summed E-state index contributed by atoms with van der Waals surface area (Å²) in [6, 6.07) is 0.331. The van der Waals surface area contributed by atoms with Crippen LogP contribution in [0.25, 0.3) is 0 Å². The van der Waals surface area contributed by atoms with Crippen molar-refractivity contribution < 1.29 is 18.0 Å². The molecule has 1 amide bonds. The standard InChI is InChI=1S/C15H22F3N5O/c1-2-3-4-11(19)13(24)22-7-9-23(10-8-22)14-20-6-5-12(21-14)15(16,17)18/h5-6,11H,2-4,7-10,19H2,1H3/t11-/m1/s1. The third-order valence-corrected chi connectivity index (χ3v) is 3.99. The molecule has 24 heavy (non-hydrogen) atoms. The number of alkyl halides is 3. The second kappa shape index (κ2) is 7.78. The van der Waals surface area contributed by atoms with E-state index in [1.54, 1.807) is 9.80 Å². The zero-order chi connectivity index (χ0) is 17.7. The van der Waals surface area contributed by atoms with Crippen LogP contribution in [-0.2, 0) is 11.0 Å². The number of hydrogen-bond acceptors (Lipinski definition) is 5. The van der Waals surface area contributed by atoms with Crippen molar-refractivity contribution >= 4 is 11.9 Å². The maximum atomic E-state index is 12.7. The van der Waals surface area contributed by atoms with Crippen molar-refractivity contribution in [2.75, 3.05) is 31.1 Å². The molecule has 134 valence electrons. The molecule has 1 aromatic rings. The summed E-state index contributed by atoms with van der Waals surface area (Å²) in [7, 11) is 0. The Balaban J connectivity index is 1.94. The van der Waals surface area contributed by atoms with Crippen LogP contribution in [0.1, 0.15) is 31.9 Å². The van der Waals surface area contributed by atoms with Crippen LogP contribution in [0.3, 0.4) is 0 Å². The quantitative estimate of drug-likeness (QED) is 0.878. The number of hydrogen-bond donors (Lipinski definition) is 1. The van der Waals surface area contributed by atoms with Gasteiger partial charge in [0.15, 0.2) is 0 Å². The first kappa shape index (κ1) is 18.4. The Morgan fingerprint density at radius 2 is 2.00 bits per heavy atom. The van der Waals surface area contributed by atoms with Crippen LogP contribution in [0.2, 0.25) is 0 Å². The van der Waals surface area contributed by atoms with Crippen molar-refractivity contribution in [2.45, 2.75) is 38.4 Å². The highest BCUT2D eigenvalue weighted by Gasteiger charge is 2.34. The molecule has 0 unspecified atom stereocenters. The van der Waals surface area contributed by atoms with Gasteiger partial charge in [-0.3, -0.25) is 4.79 Å². The number of nitrogens with zero attached hydrogens (tertiary/aromatic N) is 4. The molecule has 2 N–H and O–H groups in total. The third-order valence-electron chi connectivity index (χ3n) is 3.99. The molecular formula is C15H22F3N5O. The van der Waals surface area contributed by atoms with Crippen molar-refractivity contribution in [2.24, 2.45) is 5.73 Å². The van der Waals surface area contributed by atoms with Gasteiger partial charge in [-0.15, -0.1) is 0 Å². The van der Waals surface area contributed by atoms with Crippen molar-refractivity contribution in [1.82, 2.24) is 14.9 Å². The smallest absolute Gasteiger partial charge is 0.338 e. The number of anilines is 1. The summed E-state index contributed by atoms with van der Waals surface area (Å²) in [5.74, 6) is -0.0692. The maximum absolute atomic E-state index is 12.7. The highest BCUT2D eigenvalue weighted by Crippen LogP contribution is 2.28. The molecule has 0 spiro atoms. The van der Waals surface area contributed by atoms with E-state index >= 15 is 0 Å². The second-order valence-corrected chi connectivity index (χ2v) is 5.80. The second-order valence-electron chi connectivity index (χ2n) is 5.80. The zero-order valence-electron chi connectivity index (χ0n) is 13.6. The molecule has 1 saturated heterocycles. The third kappa shape index (κ3) is 4.56. The number of nitrogens with two attached hydrogens (primary N) is 1. The lowest BCUT2D eigenvalue weighted by molar-refractivity contribution is -0.141. The topological polar surface area (TPSA) is 75.4 Å². The molecule has 0 aliphatic carbocycles. The summed E-state index contributed by atoms with van der Waals surface area (Å²) >= 11 is 0. The molecule has 1 atom stereocenters. The van der Waals surface area contributed by atoms with Crippen LogP contribution < -0.4 is 10.6 Å². The minimum absolute atomic E-state index is 0.0344. The van der Waals surface area contributed by atoms with E-state index in [2.05, 4.69) is 9.97 Å². The first-order valence-electron chi connectivity index (χ1n) is 8.02. The minimum atomic E-state index is -4.50. The van der Waals surface area contributed by atoms with E-state index in [9.17, 15) is 18.0 Å². The lowest BCUT2D eigenvalue weighted by atomic mass is 10.1. The first-order chi connectivity index (χ1) is 11.3. The Labute approximate surface area is 138 Å². The number of halogens is 3. The van der Waals surface area contributed by atoms with Crippen molar-refractivity contribution in [3.63, 3.8) is 0 Å². The average Bonchev–Trinajstić information content (AvgIpc) is 2.58. The first-order valence-corrected chi connectivity index (χ1v) is 8.02. The van der Waals surface area contributed by atoms with Gasteiger partial charge >= 0.3 is 6.18 Å². The normalized spacial score (nSPS) is 17.0. The summed E-state index contributed by atoms with van der Waals surface area (Å²) in [5, 5.41) is 0. The van der Waals surface area contributed by atoms with Gasteiger partial charge in [0.2, 0.25) is 11.9 Å². The predicted octanol–water partition coefficient (Wildman–Crippen LogP) is 1.66. The van der Waals surface area contributed by atoms with Gasteiger partial charge in [-0.2, -0.15) is 13.2 Å². The molecule has 0 saturated carbocycles. The number of carbonyl (C=O) groups is 1. The summed E-state index contributed by atoms with van der Waals surface area (Å²) in [5.41, 5.74) is 4.93. The molecule has 2 rings (SSSR count). The lowest BCUT2D eigenvalue weighted by Gasteiger charge is -2.36. The molecule has 1 aliphatic heterocycles. The van der Waals surface area contributed by atoms with E-state index in [0.717, 1.165) is 25.1 Å². The van der Waals surface area contributed by atoms with Crippen molar-refractivity contribution in [1.29, 1.82) is 0 Å². The van der Waals surface area contributed by atoms with E-state index in [1.165, 1.54) is 0 Å². The molecule has 1 aliphatic rings. The molecule has 6 nitrogen and oxygen atoms in total. The van der Waals surface area contributed by atoms with Gasteiger partial charge in [0.1, 0.15) is 5.69 Å². The summed E-state index contributed by atoms with van der Waals surface area (Å²) in [6.07, 6.45) is -0.885. The van der Waals surface area contributed by atoms with Gasteiger partial charge in [-0.1, -0.05) is 19.8 Å². The molecule has 0 radical (unpaired) electrons. The lowest BCUT2D eigenvalue weighted by Crippen LogP contribution is -2.53. The number of carbonyl (C=O) groups excluding carboxylic acids is 1. The Hall–Kier alpha value is -1.90. The van der Waals surface area contributed by atoms with Crippen molar-refractivity contribution in [3.05, 3.63) is 18.0 Å². The number of aromatic nitrogens is 2. The number of piperazine rings is 1. The summed E-state index contributed by atoms with van der Waals surface area (Å²) < 4.78 is 38.2. The monoisotopic (exact) mass is 345 g/mol. The maximum Gasteiger partial charge on any atom is 0.433 e. The Morgan fingerprint density at radius 3 is 2.58 bits per heavy atom. The highest BCUT2D eigenvalue weighted by molar-refractivity contribution is 5.81. The van der Waals surface area contributed by atoms with Gasteiger partial charge in [0.05, 0.1) is 6.04 Å². The molecule has 0 bridgehead atoms. The van der Waals surface area contributed by atoms with E-state index in [4.69, 9.17) is 5.73 Å². The number of amides is 1. The molecule has 1 aromatic heterocycles.